The summed E-state index contributed by atoms with van der Waals surface area (Å²) in [4.78, 5) is 15.2. The number of nitro benzene ring substituents is 1. The van der Waals surface area contributed by atoms with E-state index in [0.29, 0.717) is 17.3 Å². The highest BCUT2D eigenvalue weighted by Gasteiger charge is 2.23. The minimum Gasteiger partial charge on any atom is -0.497 e. The number of nitrogens with zero attached hydrogens (tertiary/aromatic N) is 3. The van der Waals surface area contributed by atoms with Gasteiger partial charge in [0.15, 0.2) is 0 Å². The summed E-state index contributed by atoms with van der Waals surface area (Å²) >= 11 is 5.90. The molecule has 1 aliphatic rings. The Morgan fingerprint density at radius 3 is 2.37 bits per heavy atom. The lowest BCUT2D eigenvalue weighted by molar-refractivity contribution is -0.384. The first-order valence-electron chi connectivity index (χ1n) is 8.75. The summed E-state index contributed by atoms with van der Waals surface area (Å²) in [6.07, 6.45) is 0. The van der Waals surface area contributed by atoms with Crippen molar-refractivity contribution in [1.82, 2.24) is 4.90 Å². The highest BCUT2D eigenvalue weighted by molar-refractivity contribution is 6.30. The highest BCUT2D eigenvalue weighted by atomic mass is 35.5. The molecule has 144 valence electrons. The van der Waals surface area contributed by atoms with Crippen molar-refractivity contribution in [3.05, 3.63) is 57.6 Å². The molecule has 0 aliphatic carbocycles. The van der Waals surface area contributed by atoms with Crippen LogP contribution in [0.4, 0.5) is 11.4 Å². The zero-order valence-electron chi connectivity index (χ0n) is 15.1. The van der Waals surface area contributed by atoms with Gasteiger partial charge in [-0.2, -0.15) is 0 Å². The van der Waals surface area contributed by atoms with Gasteiger partial charge in [0.25, 0.3) is 5.69 Å². The van der Waals surface area contributed by atoms with Gasteiger partial charge in [-0.25, -0.2) is 0 Å². The van der Waals surface area contributed by atoms with Crippen LogP contribution in [0.25, 0.3) is 0 Å². The Morgan fingerprint density at radius 2 is 1.74 bits per heavy atom. The molecule has 1 aliphatic heterocycles. The molecule has 0 atom stereocenters. The average molecular weight is 392 g/mol. The zero-order chi connectivity index (χ0) is 19.2. The number of piperazine rings is 1. The molecular weight excluding hydrogens is 370 g/mol. The number of anilines is 1. The van der Waals surface area contributed by atoms with Crippen molar-refractivity contribution in [3.8, 4) is 11.5 Å². The monoisotopic (exact) mass is 391 g/mol. The maximum absolute atomic E-state index is 11.3. The molecule has 27 heavy (non-hydrogen) atoms. The van der Waals surface area contributed by atoms with Gasteiger partial charge in [0.05, 0.1) is 12.0 Å². The Bertz CT molecular complexity index is 777. The quantitative estimate of drug-likeness (QED) is 0.532. The number of hydrogen-bond donors (Lipinski definition) is 0. The summed E-state index contributed by atoms with van der Waals surface area (Å²) in [5, 5.41) is 11.7. The van der Waals surface area contributed by atoms with Crippen LogP contribution in [0.2, 0.25) is 5.02 Å². The van der Waals surface area contributed by atoms with Crippen molar-refractivity contribution in [2.45, 2.75) is 0 Å². The third-order valence-corrected chi connectivity index (χ3v) is 4.82. The Labute approximate surface area is 163 Å². The second kappa shape index (κ2) is 8.92. The van der Waals surface area contributed by atoms with Crippen molar-refractivity contribution in [3.63, 3.8) is 0 Å². The molecule has 0 N–H and O–H groups in total. The predicted molar refractivity (Wildman–Crippen MR) is 105 cm³/mol. The molecule has 8 heteroatoms. The van der Waals surface area contributed by atoms with E-state index in [1.807, 2.05) is 29.2 Å². The molecule has 0 radical (unpaired) electrons. The maximum Gasteiger partial charge on any atom is 0.294 e. The SMILES string of the molecule is COc1ccc(OCCN2CCN(c3ccc(Cl)cc3[N+](=O)[O-])CC2)cc1. The van der Waals surface area contributed by atoms with Crippen LogP contribution >= 0.6 is 11.6 Å². The molecule has 0 unspecified atom stereocenters. The number of halogens is 1. The smallest absolute Gasteiger partial charge is 0.294 e. The summed E-state index contributed by atoms with van der Waals surface area (Å²) in [6.45, 7) is 4.50. The van der Waals surface area contributed by atoms with Gasteiger partial charge in [-0.05, 0) is 36.4 Å². The minimum absolute atomic E-state index is 0.0544. The fourth-order valence-corrected chi connectivity index (χ4v) is 3.25. The van der Waals surface area contributed by atoms with Gasteiger partial charge in [-0.1, -0.05) is 11.6 Å². The molecule has 0 spiro atoms. The molecule has 1 heterocycles. The molecule has 1 fully saturated rings. The Morgan fingerprint density at radius 1 is 1.07 bits per heavy atom. The van der Waals surface area contributed by atoms with Gasteiger partial charge in [0.1, 0.15) is 23.8 Å². The van der Waals surface area contributed by atoms with Crippen LogP contribution in [0.5, 0.6) is 11.5 Å². The first-order valence-corrected chi connectivity index (χ1v) is 9.13. The minimum atomic E-state index is -0.379. The second-order valence-electron chi connectivity index (χ2n) is 6.24. The lowest BCUT2D eigenvalue weighted by Gasteiger charge is -2.35. The molecule has 0 bridgehead atoms. The van der Waals surface area contributed by atoms with Crippen molar-refractivity contribution in [1.29, 1.82) is 0 Å². The normalized spacial score (nSPS) is 14.8. The van der Waals surface area contributed by atoms with Crippen LogP contribution in [-0.4, -0.2) is 56.3 Å². The van der Waals surface area contributed by atoms with Crippen LogP contribution < -0.4 is 14.4 Å². The number of ether oxygens (including phenoxy) is 2. The predicted octanol–water partition coefficient (Wildman–Crippen LogP) is 3.46. The first kappa shape index (κ1) is 19.3. The van der Waals surface area contributed by atoms with Crippen molar-refractivity contribution in [2.75, 3.05) is 51.3 Å². The van der Waals surface area contributed by atoms with Crippen molar-refractivity contribution in [2.24, 2.45) is 0 Å². The zero-order valence-corrected chi connectivity index (χ0v) is 15.9. The van der Waals surface area contributed by atoms with Crippen LogP contribution in [0.1, 0.15) is 0 Å². The van der Waals surface area contributed by atoms with Crippen molar-refractivity contribution < 1.29 is 14.4 Å². The number of benzene rings is 2. The lowest BCUT2D eigenvalue weighted by atomic mass is 10.2. The van der Waals surface area contributed by atoms with Crippen LogP contribution in [0.3, 0.4) is 0 Å². The second-order valence-corrected chi connectivity index (χ2v) is 6.68. The maximum atomic E-state index is 11.3. The number of nitro groups is 1. The van der Waals surface area contributed by atoms with Crippen molar-refractivity contribution >= 4 is 23.0 Å². The lowest BCUT2D eigenvalue weighted by Crippen LogP contribution is -2.47. The standard InChI is InChI=1S/C19H22ClN3O4/c1-26-16-3-5-17(6-4-16)27-13-12-21-8-10-22(11-9-21)18-7-2-15(20)14-19(18)23(24)25/h2-7,14H,8-13H2,1H3. The van der Waals surface area contributed by atoms with Crippen LogP contribution in [0, 0.1) is 10.1 Å². The highest BCUT2D eigenvalue weighted by Crippen LogP contribution is 2.31. The Hall–Kier alpha value is -2.51. The Kier molecular flexibility index (Phi) is 6.36. The van der Waals surface area contributed by atoms with E-state index in [0.717, 1.165) is 44.2 Å². The van der Waals surface area contributed by atoms with Gasteiger partial charge < -0.3 is 14.4 Å². The van der Waals surface area contributed by atoms with E-state index in [1.54, 1.807) is 19.2 Å². The molecule has 2 aromatic rings. The van der Waals surface area contributed by atoms with E-state index < -0.39 is 0 Å². The largest absolute Gasteiger partial charge is 0.497 e. The van der Waals surface area contributed by atoms with Gasteiger partial charge >= 0.3 is 0 Å². The molecule has 3 rings (SSSR count). The number of methoxy groups -OCH3 is 1. The molecule has 0 aromatic heterocycles. The molecule has 1 saturated heterocycles. The third-order valence-electron chi connectivity index (χ3n) is 4.58. The first-order chi connectivity index (χ1) is 13.1. The van der Waals surface area contributed by atoms with Gasteiger partial charge in [0.2, 0.25) is 0 Å². The molecule has 0 amide bonds. The molecule has 2 aromatic carbocycles. The molecule has 0 saturated carbocycles. The van der Waals surface area contributed by atoms with E-state index in [2.05, 4.69) is 4.90 Å². The van der Waals surface area contributed by atoms with E-state index in [4.69, 9.17) is 21.1 Å². The summed E-state index contributed by atoms with van der Waals surface area (Å²) in [6, 6.07) is 12.3. The van der Waals surface area contributed by atoms with E-state index >= 15 is 0 Å². The van der Waals surface area contributed by atoms with Crippen LogP contribution in [-0.2, 0) is 0 Å². The molecule has 7 nitrogen and oxygen atoms in total. The number of rotatable bonds is 7. The third kappa shape index (κ3) is 5.02. The van der Waals surface area contributed by atoms with Gasteiger partial charge in [-0.15, -0.1) is 0 Å². The Balaban J connectivity index is 1.48. The average Bonchev–Trinajstić information content (AvgIpc) is 2.69. The van der Waals surface area contributed by atoms with E-state index in [-0.39, 0.29) is 10.6 Å². The van der Waals surface area contributed by atoms with E-state index in [9.17, 15) is 10.1 Å². The fourth-order valence-electron chi connectivity index (χ4n) is 3.09. The van der Waals surface area contributed by atoms with Crippen LogP contribution in [0.15, 0.2) is 42.5 Å². The summed E-state index contributed by atoms with van der Waals surface area (Å²) in [7, 11) is 1.63. The van der Waals surface area contributed by atoms with Gasteiger partial charge in [0, 0.05) is 43.8 Å². The summed E-state index contributed by atoms with van der Waals surface area (Å²) < 4.78 is 10.9. The topological polar surface area (TPSA) is 68.1 Å². The molecular formula is C19H22ClN3O4. The summed E-state index contributed by atoms with van der Waals surface area (Å²) in [5.74, 6) is 1.61. The number of hydrogen-bond acceptors (Lipinski definition) is 6. The van der Waals surface area contributed by atoms with E-state index in [1.165, 1.54) is 6.07 Å². The van der Waals surface area contributed by atoms with Gasteiger partial charge in [-0.3, -0.25) is 15.0 Å². The fraction of sp³-hybridized carbons (Fsp3) is 0.368. The summed E-state index contributed by atoms with van der Waals surface area (Å²) in [5.41, 5.74) is 0.678.